The van der Waals surface area contributed by atoms with Crippen molar-refractivity contribution in [2.75, 3.05) is 25.0 Å². The van der Waals surface area contributed by atoms with E-state index in [4.69, 9.17) is 0 Å². The molecule has 1 saturated heterocycles. The van der Waals surface area contributed by atoms with Crippen LogP contribution < -0.4 is 10.2 Å². The summed E-state index contributed by atoms with van der Waals surface area (Å²) in [5.41, 5.74) is 7.47. The summed E-state index contributed by atoms with van der Waals surface area (Å²) in [4.78, 5) is 31.5. The molecule has 1 atom stereocenters. The van der Waals surface area contributed by atoms with E-state index in [9.17, 15) is 9.59 Å². The van der Waals surface area contributed by atoms with E-state index in [1.807, 2.05) is 77.7 Å². The molecule has 0 aliphatic carbocycles. The van der Waals surface area contributed by atoms with Crippen LogP contribution in [0, 0.1) is 6.92 Å². The maximum absolute atomic E-state index is 14.0. The second-order valence-corrected chi connectivity index (χ2v) is 11.0. The maximum atomic E-state index is 14.0. The third-order valence-corrected chi connectivity index (χ3v) is 8.47. The molecule has 3 heterocycles. The summed E-state index contributed by atoms with van der Waals surface area (Å²) < 4.78 is 2.06. The number of carbonyl (C=O) groups is 2. The monoisotopic (exact) mass is 532 g/mol. The zero-order valence-corrected chi connectivity index (χ0v) is 23.3. The van der Waals surface area contributed by atoms with E-state index in [1.165, 1.54) is 12.8 Å². The average molecular weight is 533 g/mol. The van der Waals surface area contributed by atoms with E-state index < -0.39 is 0 Å². The van der Waals surface area contributed by atoms with Gasteiger partial charge in [-0.05, 0) is 92.4 Å². The molecule has 0 saturated carbocycles. The molecular weight excluding hydrogens is 496 g/mol. The Bertz CT molecular complexity index is 1540. The molecule has 0 radical (unpaired) electrons. The minimum atomic E-state index is -0.0590. The lowest BCUT2D eigenvalue weighted by molar-refractivity contribution is 0.0940. The predicted molar refractivity (Wildman–Crippen MR) is 160 cm³/mol. The van der Waals surface area contributed by atoms with Crippen LogP contribution in [0.2, 0.25) is 0 Å². The van der Waals surface area contributed by atoms with E-state index in [0.717, 1.165) is 46.6 Å². The molecule has 1 unspecified atom stereocenters. The predicted octanol–water partition coefficient (Wildman–Crippen LogP) is 5.89. The fourth-order valence-corrected chi connectivity index (χ4v) is 6.22. The Kier molecular flexibility index (Phi) is 7.27. The van der Waals surface area contributed by atoms with Gasteiger partial charge in [-0.15, -0.1) is 0 Å². The van der Waals surface area contributed by atoms with Gasteiger partial charge in [-0.25, -0.2) is 0 Å². The second kappa shape index (κ2) is 11.1. The van der Waals surface area contributed by atoms with Crippen LogP contribution >= 0.6 is 0 Å². The minimum absolute atomic E-state index is 0.0449. The average Bonchev–Trinajstić information content (AvgIpc) is 3.53. The van der Waals surface area contributed by atoms with Crippen molar-refractivity contribution in [3.63, 3.8) is 0 Å². The zero-order valence-electron chi connectivity index (χ0n) is 23.3. The molecule has 2 amide bonds. The highest BCUT2D eigenvalue weighted by Crippen LogP contribution is 2.31. The SMILES string of the molecule is Cc1cc(C(=O)N2Cc3ccc(C(=O)NCCC4CCCN4C)n3Cc3ccccc32)ccc1-c1ccccc1. The first-order chi connectivity index (χ1) is 19.5. The van der Waals surface area contributed by atoms with Crippen LogP contribution in [-0.4, -0.2) is 47.5 Å². The Morgan fingerprint density at radius 3 is 2.50 bits per heavy atom. The van der Waals surface area contributed by atoms with E-state index in [1.54, 1.807) is 0 Å². The van der Waals surface area contributed by atoms with E-state index >= 15 is 0 Å². The van der Waals surface area contributed by atoms with Gasteiger partial charge in [0.25, 0.3) is 11.8 Å². The lowest BCUT2D eigenvalue weighted by Gasteiger charge is -2.23. The molecule has 3 aromatic carbocycles. The normalized spacial score (nSPS) is 16.8. The molecule has 204 valence electrons. The van der Waals surface area contributed by atoms with Gasteiger partial charge in [-0.1, -0.05) is 54.6 Å². The van der Waals surface area contributed by atoms with Crippen molar-refractivity contribution in [1.82, 2.24) is 14.8 Å². The number of fused-ring (bicyclic) bond motifs is 2. The molecule has 40 heavy (non-hydrogen) atoms. The quantitative estimate of drug-likeness (QED) is 0.337. The van der Waals surface area contributed by atoms with Crippen LogP contribution in [0.4, 0.5) is 5.69 Å². The van der Waals surface area contributed by atoms with Gasteiger partial charge in [0.05, 0.1) is 13.1 Å². The van der Waals surface area contributed by atoms with Crippen LogP contribution in [-0.2, 0) is 13.1 Å². The molecule has 4 aromatic rings. The number of hydrogen-bond donors (Lipinski definition) is 1. The van der Waals surface area contributed by atoms with Gasteiger partial charge >= 0.3 is 0 Å². The number of anilines is 1. The van der Waals surface area contributed by atoms with Gasteiger partial charge in [0.1, 0.15) is 5.69 Å². The summed E-state index contributed by atoms with van der Waals surface area (Å²) in [5, 5.41) is 3.14. The van der Waals surface area contributed by atoms with Crippen molar-refractivity contribution < 1.29 is 9.59 Å². The Morgan fingerprint density at radius 1 is 0.925 bits per heavy atom. The molecular formula is C34H36N4O2. The van der Waals surface area contributed by atoms with Crippen molar-refractivity contribution in [2.45, 2.75) is 45.3 Å². The van der Waals surface area contributed by atoms with Crippen LogP contribution in [0.3, 0.4) is 0 Å². The van der Waals surface area contributed by atoms with Gasteiger partial charge < -0.3 is 19.7 Å². The summed E-state index contributed by atoms with van der Waals surface area (Å²) in [7, 11) is 2.16. The summed E-state index contributed by atoms with van der Waals surface area (Å²) >= 11 is 0. The van der Waals surface area contributed by atoms with E-state index in [0.29, 0.717) is 36.9 Å². The van der Waals surface area contributed by atoms with Crippen molar-refractivity contribution in [2.24, 2.45) is 0 Å². The number of carbonyl (C=O) groups excluding carboxylic acids is 2. The van der Waals surface area contributed by atoms with Crippen molar-refractivity contribution in [1.29, 1.82) is 0 Å². The van der Waals surface area contributed by atoms with E-state index in [-0.39, 0.29) is 11.8 Å². The highest BCUT2D eigenvalue weighted by atomic mass is 16.2. The molecule has 0 spiro atoms. The number of nitrogens with one attached hydrogen (secondary N) is 1. The summed E-state index contributed by atoms with van der Waals surface area (Å²) in [6.07, 6.45) is 3.39. The summed E-state index contributed by atoms with van der Waals surface area (Å²) in [6.45, 7) is 4.79. The molecule has 1 fully saturated rings. The molecule has 6 heteroatoms. The highest BCUT2D eigenvalue weighted by molar-refractivity contribution is 6.07. The molecule has 6 nitrogen and oxygen atoms in total. The minimum Gasteiger partial charge on any atom is -0.351 e. The lowest BCUT2D eigenvalue weighted by Crippen LogP contribution is -2.33. The first-order valence-electron chi connectivity index (χ1n) is 14.2. The Morgan fingerprint density at radius 2 is 1.73 bits per heavy atom. The fraction of sp³-hybridized carbons (Fsp3) is 0.294. The van der Waals surface area contributed by atoms with Crippen molar-refractivity contribution in [3.05, 3.63) is 113 Å². The number of aromatic nitrogens is 1. The van der Waals surface area contributed by atoms with Crippen molar-refractivity contribution >= 4 is 17.5 Å². The largest absolute Gasteiger partial charge is 0.351 e. The molecule has 1 N–H and O–H groups in total. The van der Waals surface area contributed by atoms with E-state index in [2.05, 4.69) is 40.9 Å². The summed E-state index contributed by atoms with van der Waals surface area (Å²) in [6, 6.07) is 28.6. The zero-order chi connectivity index (χ0) is 27.6. The topological polar surface area (TPSA) is 57.6 Å². The first kappa shape index (κ1) is 26.1. The number of rotatable bonds is 6. The number of para-hydroxylation sites is 1. The number of amides is 2. The van der Waals surface area contributed by atoms with Crippen LogP contribution in [0.15, 0.2) is 84.9 Å². The number of hydrogen-bond acceptors (Lipinski definition) is 3. The molecule has 2 aliphatic heterocycles. The molecule has 1 aromatic heterocycles. The van der Waals surface area contributed by atoms with Crippen LogP contribution in [0.5, 0.6) is 0 Å². The van der Waals surface area contributed by atoms with Crippen molar-refractivity contribution in [3.8, 4) is 11.1 Å². The number of nitrogens with zero attached hydrogens (tertiary/aromatic N) is 3. The summed E-state index contributed by atoms with van der Waals surface area (Å²) in [5.74, 6) is -0.104. The standard InChI is InChI=1S/C34H36N4O2/c1-24-21-26(14-16-30(24)25-9-4-3-5-10-25)34(40)38-23-29-15-17-32(37(29)22-27-11-6-7-13-31(27)38)33(39)35-19-18-28-12-8-20-36(28)2/h3-7,9-11,13-17,21,28H,8,12,18-20,22-23H2,1-2H3,(H,35,39). The van der Waals surface area contributed by atoms with Gasteiger partial charge in [-0.2, -0.15) is 0 Å². The third-order valence-electron chi connectivity index (χ3n) is 8.47. The van der Waals surface area contributed by atoms with Gasteiger partial charge in [0.15, 0.2) is 0 Å². The molecule has 0 bridgehead atoms. The van der Waals surface area contributed by atoms with Crippen LogP contribution in [0.25, 0.3) is 11.1 Å². The van der Waals surface area contributed by atoms with Gasteiger partial charge in [-0.3, -0.25) is 9.59 Å². The second-order valence-electron chi connectivity index (χ2n) is 11.0. The number of benzene rings is 3. The van der Waals surface area contributed by atoms with Gasteiger partial charge in [0.2, 0.25) is 0 Å². The maximum Gasteiger partial charge on any atom is 0.267 e. The van der Waals surface area contributed by atoms with Crippen LogP contribution in [0.1, 0.15) is 56.9 Å². The smallest absolute Gasteiger partial charge is 0.267 e. The third kappa shape index (κ3) is 5.07. The van der Waals surface area contributed by atoms with Gasteiger partial charge in [0, 0.05) is 29.5 Å². The first-order valence-corrected chi connectivity index (χ1v) is 14.2. The Hall–Kier alpha value is -4.16. The molecule has 2 aliphatic rings. The number of aryl methyl sites for hydroxylation is 1. The highest BCUT2D eigenvalue weighted by Gasteiger charge is 2.28. The fourth-order valence-electron chi connectivity index (χ4n) is 6.22. The Balaban J connectivity index is 1.25. The lowest BCUT2D eigenvalue weighted by atomic mass is 9.98. The molecule has 6 rings (SSSR count). The Labute approximate surface area is 236 Å². The number of likely N-dealkylation sites (tertiary alicyclic amines) is 1.